The van der Waals surface area contributed by atoms with Crippen LogP contribution < -0.4 is 9.47 Å². The molecule has 1 aromatic heterocycles. The molecule has 0 bridgehead atoms. The van der Waals surface area contributed by atoms with Crippen LogP contribution in [0, 0.1) is 11.3 Å². The lowest BCUT2D eigenvalue weighted by Gasteiger charge is -2.39. The molecule has 6 nitrogen and oxygen atoms in total. The zero-order valence-electron chi connectivity index (χ0n) is 21.1. The van der Waals surface area contributed by atoms with E-state index in [4.69, 9.17) is 9.47 Å². The van der Waals surface area contributed by atoms with Crippen LogP contribution >= 0.6 is 0 Å². The number of pyridine rings is 1. The molecule has 0 radical (unpaired) electrons. The second-order valence-corrected chi connectivity index (χ2v) is 10.8. The van der Waals surface area contributed by atoms with Gasteiger partial charge in [0.1, 0.15) is 0 Å². The predicted octanol–water partition coefficient (Wildman–Crippen LogP) is 5.52. The summed E-state index contributed by atoms with van der Waals surface area (Å²) in [5.74, 6) is 2.42. The second-order valence-electron chi connectivity index (χ2n) is 10.8. The molecule has 34 heavy (non-hydrogen) atoms. The molecule has 0 atom stereocenters. The zero-order chi connectivity index (χ0) is 24.1. The Morgan fingerprint density at radius 1 is 1.06 bits per heavy atom. The lowest BCUT2D eigenvalue weighted by atomic mass is 9.88. The van der Waals surface area contributed by atoms with Crippen molar-refractivity contribution in [1.29, 1.82) is 0 Å². The topological polar surface area (TPSA) is 54.9 Å². The number of piperidine rings is 1. The van der Waals surface area contributed by atoms with Crippen molar-refractivity contribution >= 4 is 5.91 Å². The van der Waals surface area contributed by atoms with Gasteiger partial charge in [0, 0.05) is 43.4 Å². The van der Waals surface area contributed by atoms with E-state index in [2.05, 4.69) is 29.8 Å². The number of hydrogen-bond acceptors (Lipinski definition) is 5. The summed E-state index contributed by atoms with van der Waals surface area (Å²) in [7, 11) is 0. The molecule has 1 amide bonds. The smallest absolute Gasteiger partial charge is 0.225 e. The van der Waals surface area contributed by atoms with Gasteiger partial charge < -0.3 is 14.4 Å². The minimum absolute atomic E-state index is 0.0598. The molecule has 2 aliphatic heterocycles. The van der Waals surface area contributed by atoms with Crippen LogP contribution in [0.3, 0.4) is 0 Å². The Labute approximate surface area is 204 Å². The average molecular weight is 466 g/mol. The van der Waals surface area contributed by atoms with Crippen LogP contribution in [0.25, 0.3) is 0 Å². The first-order valence-corrected chi connectivity index (χ1v) is 12.7. The van der Waals surface area contributed by atoms with Crippen LogP contribution in [0.2, 0.25) is 0 Å². The van der Waals surface area contributed by atoms with Crippen LogP contribution in [0.1, 0.15) is 58.9 Å². The fourth-order valence-electron chi connectivity index (χ4n) is 4.93. The number of hydrogen-bond donors (Lipinski definition) is 0. The Hall–Kier alpha value is -2.60. The molecule has 184 valence electrons. The van der Waals surface area contributed by atoms with Gasteiger partial charge >= 0.3 is 0 Å². The molecule has 1 aromatic carbocycles. The summed E-state index contributed by atoms with van der Waals surface area (Å²) < 4.78 is 12.5. The highest BCUT2D eigenvalue weighted by Crippen LogP contribution is 2.35. The molecule has 1 fully saturated rings. The number of likely N-dealkylation sites (tertiary alicyclic amines) is 1. The van der Waals surface area contributed by atoms with Crippen LogP contribution in [-0.4, -0.2) is 53.0 Å². The Balaban J connectivity index is 1.57. The number of nitrogens with zero attached hydrogens (tertiary/aromatic N) is 3. The normalized spacial score (nSPS) is 20.1. The van der Waals surface area contributed by atoms with Crippen LogP contribution in [0.15, 0.2) is 42.6 Å². The van der Waals surface area contributed by atoms with Crippen molar-refractivity contribution < 1.29 is 14.3 Å². The molecular formula is C28H39N3O3. The van der Waals surface area contributed by atoms with E-state index in [1.807, 2.05) is 49.1 Å². The average Bonchev–Trinajstić information content (AvgIpc) is 2.84. The quantitative estimate of drug-likeness (QED) is 0.584. The van der Waals surface area contributed by atoms with Gasteiger partial charge in [0.25, 0.3) is 0 Å². The van der Waals surface area contributed by atoms with E-state index < -0.39 is 0 Å². The van der Waals surface area contributed by atoms with E-state index in [1.165, 1.54) is 0 Å². The Kier molecular flexibility index (Phi) is 7.77. The van der Waals surface area contributed by atoms with Gasteiger partial charge in [-0.1, -0.05) is 45.9 Å². The monoisotopic (exact) mass is 465 g/mol. The molecular weight excluding hydrogens is 426 g/mol. The Morgan fingerprint density at radius 2 is 1.79 bits per heavy atom. The van der Waals surface area contributed by atoms with E-state index in [0.29, 0.717) is 24.3 Å². The number of benzene rings is 1. The molecule has 3 heterocycles. The van der Waals surface area contributed by atoms with Gasteiger partial charge in [-0.3, -0.25) is 9.69 Å². The van der Waals surface area contributed by atoms with Gasteiger partial charge in [-0.2, -0.15) is 0 Å². The minimum atomic E-state index is 0.0598. The molecule has 4 rings (SSSR count). The van der Waals surface area contributed by atoms with Crippen molar-refractivity contribution in [2.45, 2.75) is 66.0 Å². The molecule has 0 spiro atoms. The number of para-hydroxylation sites is 2. The third-order valence-corrected chi connectivity index (χ3v) is 6.98. The lowest BCUT2D eigenvalue weighted by molar-refractivity contribution is -0.136. The number of rotatable bonds is 2. The van der Waals surface area contributed by atoms with Crippen LogP contribution in [0.4, 0.5) is 0 Å². The summed E-state index contributed by atoms with van der Waals surface area (Å²) >= 11 is 0. The summed E-state index contributed by atoms with van der Waals surface area (Å²) in [6, 6.07) is 12.4. The second kappa shape index (κ2) is 10.8. The van der Waals surface area contributed by atoms with Crippen molar-refractivity contribution in [2.75, 3.05) is 26.2 Å². The summed E-state index contributed by atoms with van der Waals surface area (Å²) in [6.07, 6.45) is 5.97. The van der Waals surface area contributed by atoms with Gasteiger partial charge in [0.15, 0.2) is 11.5 Å². The molecule has 2 aliphatic rings. The largest absolute Gasteiger partial charge is 0.489 e. The molecule has 0 aliphatic carbocycles. The standard InChI is InChI=1S/C28H39N3O3/c1-21(2)27(32)30-17-12-23(13-18-30)31-16-8-14-28(3,4)20-33-24-10-5-6-11-25(24)34-26-22(19-31)9-7-15-29-26/h5-7,9-11,15,21,23H,8,12-14,16-20H2,1-4H3. The van der Waals surface area contributed by atoms with E-state index in [1.54, 1.807) is 6.20 Å². The van der Waals surface area contributed by atoms with Crippen molar-refractivity contribution in [3.05, 3.63) is 48.2 Å². The van der Waals surface area contributed by atoms with Gasteiger partial charge in [0.05, 0.1) is 6.61 Å². The number of carbonyl (C=O) groups excluding carboxylic acids is 1. The first-order chi connectivity index (χ1) is 16.3. The Morgan fingerprint density at radius 3 is 2.53 bits per heavy atom. The van der Waals surface area contributed by atoms with E-state index >= 15 is 0 Å². The Bertz CT molecular complexity index is 967. The molecule has 1 saturated heterocycles. The highest BCUT2D eigenvalue weighted by molar-refractivity contribution is 5.78. The van der Waals surface area contributed by atoms with Gasteiger partial charge in [0.2, 0.25) is 11.8 Å². The fraction of sp³-hybridized carbons (Fsp3) is 0.571. The van der Waals surface area contributed by atoms with Gasteiger partial charge in [-0.05, 0) is 55.8 Å². The number of ether oxygens (including phenoxy) is 2. The van der Waals surface area contributed by atoms with Crippen molar-refractivity contribution in [3.63, 3.8) is 0 Å². The van der Waals surface area contributed by atoms with Gasteiger partial charge in [-0.25, -0.2) is 4.98 Å². The third-order valence-electron chi connectivity index (χ3n) is 6.98. The summed E-state index contributed by atoms with van der Waals surface area (Å²) in [4.78, 5) is 21.7. The van der Waals surface area contributed by atoms with Crippen molar-refractivity contribution in [1.82, 2.24) is 14.8 Å². The number of fused-ring (bicyclic) bond motifs is 2. The summed E-state index contributed by atoms with van der Waals surface area (Å²) in [5.41, 5.74) is 1.14. The first-order valence-electron chi connectivity index (χ1n) is 12.7. The molecule has 0 N–H and O–H groups in total. The maximum atomic E-state index is 12.5. The highest BCUT2D eigenvalue weighted by atomic mass is 16.5. The molecule has 0 unspecified atom stereocenters. The number of aromatic nitrogens is 1. The third kappa shape index (κ3) is 6.09. The van der Waals surface area contributed by atoms with Crippen LogP contribution in [-0.2, 0) is 11.3 Å². The van der Waals surface area contributed by atoms with Crippen molar-refractivity contribution in [2.24, 2.45) is 11.3 Å². The highest BCUT2D eigenvalue weighted by Gasteiger charge is 2.29. The lowest BCUT2D eigenvalue weighted by Crippen LogP contribution is -2.47. The summed E-state index contributed by atoms with van der Waals surface area (Å²) in [5, 5.41) is 0. The summed E-state index contributed by atoms with van der Waals surface area (Å²) in [6.45, 7) is 12.6. The number of carbonyl (C=O) groups is 1. The van der Waals surface area contributed by atoms with E-state index in [0.717, 1.165) is 63.2 Å². The fourth-order valence-corrected chi connectivity index (χ4v) is 4.93. The van der Waals surface area contributed by atoms with Crippen molar-refractivity contribution in [3.8, 4) is 17.4 Å². The first kappa shape index (κ1) is 24.5. The number of amides is 1. The maximum Gasteiger partial charge on any atom is 0.225 e. The van der Waals surface area contributed by atoms with E-state index in [-0.39, 0.29) is 17.2 Å². The predicted molar refractivity (Wildman–Crippen MR) is 134 cm³/mol. The SMILES string of the molecule is CC(C)C(=O)N1CCC(N2CCCC(C)(C)COc3ccccc3Oc3ncccc3C2)CC1. The molecule has 2 aromatic rings. The molecule has 0 saturated carbocycles. The zero-order valence-corrected chi connectivity index (χ0v) is 21.1. The van der Waals surface area contributed by atoms with E-state index in [9.17, 15) is 4.79 Å². The molecule has 6 heteroatoms. The van der Waals surface area contributed by atoms with Gasteiger partial charge in [-0.15, -0.1) is 0 Å². The van der Waals surface area contributed by atoms with Crippen LogP contribution in [0.5, 0.6) is 17.4 Å². The maximum absolute atomic E-state index is 12.5. The minimum Gasteiger partial charge on any atom is -0.489 e.